The van der Waals surface area contributed by atoms with Gasteiger partial charge in [0.05, 0.1) is 4.92 Å². The second-order valence-electron chi connectivity index (χ2n) is 10.8. The van der Waals surface area contributed by atoms with E-state index in [2.05, 4.69) is 23.3 Å². The number of nitro benzene ring substituents is 1. The topological polar surface area (TPSA) is 122 Å². The van der Waals surface area contributed by atoms with E-state index in [1.807, 2.05) is 63.2 Å². The number of nitrogens with one attached hydrogen (secondary N) is 2. The molecule has 0 radical (unpaired) electrons. The standard InChI is InChI=1S/C30H32N4O5S/c1-30(2,3)32-28(36)26(22-13-11-21(12-14-22)20-7-5-4-6-8-20)33-25(27(35)31-24(18-40)29(33)37)17-19-9-15-23(16-10-19)34(38)39/h4-16,24-26,40H,17-18H2,1-3H3,(H,31,35)(H,32,36)/t24-,25-,26?/m0/s1. The highest BCUT2D eigenvalue weighted by molar-refractivity contribution is 7.80. The third kappa shape index (κ3) is 6.51. The SMILES string of the molecule is CC(C)(C)NC(=O)C(c1ccc(-c2ccccc2)cc1)N1C(=O)[C@H](CS)NC(=O)[C@@H]1Cc1ccc([N+](=O)[O-])cc1. The van der Waals surface area contributed by atoms with Crippen molar-refractivity contribution in [2.45, 2.75) is 50.9 Å². The number of hydrogen-bond donors (Lipinski definition) is 3. The summed E-state index contributed by atoms with van der Waals surface area (Å²) in [6.07, 6.45) is 0.0657. The summed E-state index contributed by atoms with van der Waals surface area (Å²) in [5.41, 5.74) is 2.43. The molecule has 1 heterocycles. The lowest BCUT2D eigenvalue weighted by atomic mass is 9.93. The zero-order valence-electron chi connectivity index (χ0n) is 22.5. The quantitative estimate of drug-likeness (QED) is 0.218. The molecule has 0 saturated carbocycles. The van der Waals surface area contributed by atoms with E-state index in [-0.39, 0.29) is 17.9 Å². The van der Waals surface area contributed by atoms with Gasteiger partial charge in [-0.2, -0.15) is 12.6 Å². The van der Waals surface area contributed by atoms with Crippen LogP contribution < -0.4 is 10.6 Å². The predicted octanol–water partition coefficient (Wildman–Crippen LogP) is 4.09. The Morgan fingerprint density at radius 2 is 1.60 bits per heavy atom. The van der Waals surface area contributed by atoms with Crippen LogP contribution in [0.2, 0.25) is 0 Å². The number of nitrogens with zero attached hydrogens (tertiary/aromatic N) is 2. The first kappa shape index (κ1) is 28.8. The molecular weight excluding hydrogens is 528 g/mol. The van der Waals surface area contributed by atoms with E-state index < -0.39 is 46.3 Å². The molecule has 3 amide bonds. The van der Waals surface area contributed by atoms with Gasteiger partial charge in [-0.25, -0.2) is 0 Å². The van der Waals surface area contributed by atoms with Gasteiger partial charge in [0.2, 0.25) is 17.7 Å². The Labute approximate surface area is 238 Å². The number of nitro groups is 1. The van der Waals surface area contributed by atoms with Crippen LogP contribution in [-0.2, 0) is 20.8 Å². The molecule has 3 aromatic carbocycles. The molecular formula is C30H32N4O5S. The lowest BCUT2D eigenvalue weighted by Gasteiger charge is -2.43. The average molecular weight is 561 g/mol. The van der Waals surface area contributed by atoms with Gasteiger partial charge in [0.25, 0.3) is 5.69 Å². The first-order chi connectivity index (χ1) is 19.0. The van der Waals surface area contributed by atoms with Crippen molar-refractivity contribution in [1.82, 2.24) is 15.5 Å². The van der Waals surface area contributed by atoms with Crippen molar-refractivity contribution >= 4 is 36.0 Å². The average Bonchev–Trinajstić information content (AvgIpc) is 2.92. The fourth-order valence-corrected chi connectivity index (χ4v) is 5.00. The van der Waals surface area contributed by atoms with Crippen LogP contribution in [-0.4, -0.2) is 50.9 Å². The van der Waals surface area contributed by atoms with Crippen molar-refractivity contribution < 1.29 is 19.3 Å². The summed E-state index contributed by atoms with van der Waals surface area (Å²) in [6, 6.07) is 19.9. The molecule has 4 rings (SSSR count). The summed E-state index contributed by atoms with van der Waals surface area (Å²) >= 11 is 4.27. The van der Waals surface area contributed by atoms with E-state index in [0.717, 1.165) is 11.1 Å². The summed E-state index contributed by atoms with van der Waals surface area (Å²) in [5.74, 6) is -1.21. The van der Waals surface area contributed by atoms with Crippen LogP contribution >= 0.6 is 12.6 Å². The zero-order valence-corrected chi connectivity index (χ0v) is 23.4. The molecule has 1 saturated heterocycles. The van der Waals surface area contributed by atoms with E-state index in [9.17, 15) is 24.5 Å². The minimum atomic E-state index is -1.10. The Morgan fingerprint density at radius 1 is 1.00 bits per heavy atom. The Morgan fingerprint density at radius 3 is 2.15 bits per heavy atom. The van der Waals surface area contributed by atoms with Crippen LogP contribution in [0.1, 0.15) is 37.9 Å². The molecule has 2 N–H and O–H groups in total. The molecule has 0 aliphatic carbocycles. The Bertz CT molecular complexity index is 1390. The zero-order chi connectivity index (χ0) is 29.0. The van der Waals surface area contributed by atoms with Crippen LogP contribution in [0.4, 0.5) is 5.69 Å². The number of carbonyl (C=O) groups excluding carboxylic acids is 3. The third-order valence-corrected chi connectivity index (χ3v) is 6.99. The van der Waals surface area contributed by atoms with Crippen molar-refractivity contribution in [3.8, 4) is 11.1 Å². The molecule has 1 aliphatic rings. The summed E-state index contributed by atoms with van der Waals surface area (Å²) in [5, 5.41) is 16.8. The molecule has 9 nitrogen and oxygen atoms in total. The van der Waals surface area contributed by atoms with Crippen molar-refractivity contribution in [3.05, 3.63) is 100 Å². The van der Waals surface area contributed by atoms with Gasteiger partial charge in [-0.3, -0.25) is 24.5 Å². The summed E-state index contributed by atoms with van der Waals surface area (Å²) in [6.45, 7) is 5.53. The molecule has 0 aromatic heterocycles. The number of non-ortho nitro benzene ring substituents is 1. The molecule has 0 spiro atoms. The number of amides is 3. The predicted molar refractivity (Wildman–Crippen MR) is 156 cm³/mol. The second-order valence-corrected chi connectivity index (χ2v) is 11.1. The van der Waals surface area contributed by atoms with Crippen molar-refractivity contribution in [2.24, 2.45) is 0 Å². The number of hydrogen-bond acceptors (Lipinski definition) is 6. The first-order valence-corrected chi connectivity index (χ1v) is 13.6. The Hall–Kier alpha value is -4.18. The molecule has 40 heavy (non-hydrogen) atoms. The van der Waals surface area contributed by atoms with Crippen LogP contribution in [0, 0.1) is 10.1 Å². The van der Waals surface area contributed by atoms with E-state index in [4.69, 9.17) is 0 Å². The molecule has 10 heteroatoms. The van der Waals surface area contributed by atoms with Gasteiger partial charge in [-0.15, -0.1) is 0 Å². The summed E-state index contributed by atoms with van der Waals surface area (Å²) in [4.78, 5) is 53.0. The molecule has 208 valence electrons. The Balaban J connectivity index is 1.78. The lowest BCUT2D eigenvalue weighted by molar-refractivity contribution is -0.384. The maximum absolute atomic E-state index is 13.8. The molecule has 1 aliphatic heterocycles. The molecule has 0 bridgehead atoms. The molecule has 3 atom stereocenters. The number of carbonyl (C=O) groups is 3. The summed E-state index contributed by atoms with van der Waals surface area (Å²) in [7, 11) is 0. The number of piperazine rings is 1. The maximum Gasteiger partial charge on any atom is 0.269 e. The van der Waals surface area contributed by atoms with Gasteiger partial charge < -0.3 is 15.5 Å². The molecule has 1 fully saturated rings. The highest BCUT2D eigenvalue weighted by Crippen LogP contribution is 2.31. The van der Waals surface area contributed by atoms with Gasteiger partial charge in [0.1, 0.15) is 18.1 Å². The van der Waals surface area contributed by atoms with Crippen molar-refractivity contribution in [3.63, 3.8) is 0 Å². The van der Waals surface area contributed by atoms with E-state index in [1.54, 1.807) is 24.3 Å². The second kappa shape index (κ2) is 11.9. The van der Waals surface area contributed by atoms with Gasteiger partial charge in [0, 0.05) is 29.8 Å². The van der Waals surface area contributed by atoms with E-state index in [0.29, 0.717) is 11.1 Å². The van der Waals surface area contributed by atoms with Gasteiger partial charge in [-0.05, 0) is 43.0 Å². The fraction of sp³-hybridized carbons (Fsp3) is 0.300. The van der Waals surface area contributed by atoms with Crippen LogP contribution in [0.5, 0.6) is 0 Å². The van der Waals surface area contributed by atoms with Crippen LogP contribution in [0.25, 0.3) is 11.1 Å². The minimum Gasteiger partial charge on any atom is -0.349 e. The number of thiol groups is 1. The maximum atomic E-state index is 13.8. The molecule has 1 unspecified atom stereocenters. The van der Waals surface area contributed by atoms with E-state index in [1.165, 1.54) is 17.0 Å². The highest BCUT2D eigenvalue weighted by Gasteiger charge is 2.46. The smallest absolute Gasteiger partial charge is 0.269 e. The normalized spacial score (nSPS) is 18.1. The van der Waals surface area contributed by atoms with Gasteiger partial charge >= 0.3 is 0 Å². The highest BCUT2D eigenvalue weighted by atomic mass is 32.1. The number of rotatable bonds is 8. The monoisotopic (exact) mass is 560 g/mol. The molecule has 3 aromatic rings. The Kier molecular flexibility index (Phi) is 8.58. The van der Waals surface area contributed by atoms with Crippen molar-refractivity contribution in [1.29, 1.82) is 0 Å². The third-order valence-electron chi connectivity index (χ3n) is 6.62. The van der Waals surface area contributed by atoms with E-state index >= 15 is 0 Å². The lowest BCUT2D eigenvalue weighted by Crippen LogP contribution is -2.66. The number of benzene rings is 3. The van der Waals surface area contributed by atoms with Gasteiger partial charge in [0.15, 0.2) is 0 Å². The first-order valence-electron chi connectivity index (χ1n) is 12.9. The summed E-state index contributed by atoms with van der Waals surface area (Å²) < 4.78 is 0. The largest absolute Gasteiger partial charge is 0.349 e. The van der Waals surface area contributed by atoms with Gasteiger partial charge in [-0.1, -0.05) is 66.7 Å². The van der Waals surface area contributed by atoms with Crippen LogP contribution in [0.15, 0.2) is 78.9 Å². The van der Waals surface area contributed by atoms with Crippen LogP contribution in [0.3, 0.4) is 0 Å². The van der Waals surface area contributed by atoms with Crippen molar-refractivity contribution in [2.75, 3.05) is 5.75 Å². The minimum absolute atomic E-state index is 0.0614. The fourth-order valence-electron chi connectivity index (χ4n) is 4.75.